The summed E-state index contributed by atoms with van der Waals surface area (Å²) in [6.45, 7) is 10.3. The zero-order chi connectivity index (χ0) is 18.0. The Bertz CT molecular complexity index is 636. The summed E-state index contributed by atoms with van der Waals surface area (Å²) in [5.41, 5.74) is -1.37. The second kappa shape index (κ2) is 6.71. The van der Waals surface area contributed by atoms with Gasteiger partial charge >= 0.3 is 11.9 Å². The zero-order valence-electron chi connectivity index (χ0n) is 14.2. The molecule has 126 valence electrons. The number of esters is 2. The van der Waals surface area contributed by atoms with Crippen molar-refractivity contribution in [3.05, 3.63) is 33.8 Å². The highest BCUT2D eigenvalue weighted by atomic mass is 35.5. The zero-order valence-corrected chi connectivity index (χ0v) is 14.9. The van der Waals surface area contributed by atoms with Gasteiger partial charge in [-0.1, -0.05) is 11.6 Å². The highest BCUT2D eigenvalue weighted by molar-refractivity contribution is 6.34. The third-order valence-electron chi connectivity index (χ3n) is 2.50. The molecule has 0 aliphatic rings. The molecule has 0 fully saturated rings. The first-order chi connectivity index (χ1) is 10.3. The van der Waals surface area contributed by atoms with Crippen LogP contribution in [-0.4, -0.2) is 29.4 Å². The molecule has 0 radical (unpaired) electrons. The number of hydrogen-bond donors (Lipinski definition) is 0. The Hall–Kier alpha value is -1.88. The fourth-order valence-corrected chi connectivity index (χ4v) is 1.93. The van der Waals surface area contributed by atoms with E-state index in [1.54, 1.807) is 41.5 Å². The fraction of sp³-hybridized carbons (Fsp3) is 0.471. The number of benzene rings is 1. The molecule has 0 aromatic heterocycles. The van der Waals surface area contributed by atoms with Crippen LogP contribution >= 0.6 is 11.6 Å². The van der Waals surface area contributed by atoms with Crippen LogP contribution in [0.15, 0.2) is 12.1 Å². The van der Waals surface area contributed by atoms with Crippen LogP contribution < -0.4 is 0 Å². The number of ether oxygens (including phenoxy) is 2. The third-order valence-corrected chi connectivity index (χ3v) is 2.82. The molecule has 0 aliphatic heterocycles. The molecular formula is C17H21ClO5. The van der Waals surface area contributed by atoms with E-state index in [0.29, 0.717) is 6.29 Å². The van der Waals surface area contributed by atoms with E-state index in [9.17, 15) is 14.4 Å². The van der Waals surface area contributed by atoms with Gasteiger partial charge in [0.2, 0.25) is 0 Å². The highest BCUT2D eigenvalue weighted by Crippen LogP contribution is 2.25. The van der Waals surface area contributed by atoms with Gasteiger partial charge in [-0.3, -0.25) is 4.79 Å². The molecule has 1 rings (SSSR count). The van der Waals surface area contributed by atoms with Crippen molar-refractivity contribution in [2.45, 2.75) is 52.7 Å². The van der Waals surface area contributed by atoms with Gasteiger partial charge in [0.25, 0.3) is 0 Å². The van der Waals surface area contributed by atoms with E-state index in [0.717, 1.165) is 0 Å². The first kappa shape index (κ1) is 19.2. The molecule has 0 unspecified atom stereocenters. The summed E-state index contributed by atoms with van der Waals surface area (Å²) in [5.74, 6) is -1.35. The lowest BCUT2D eigenvalue weighted by atomic mass is 10.0. The number of carbonyl (C=O) groups excluding carboxylic acids is 3. The number of carbonyl (C=O) groups is 3. The van der Waals surface area contributed by atoms with Crippen LogP contribution in [0.2, 0.25) is 5.02 Å². The lowest BCUT2D eigenvalue weighted by Gasteiger charge is -2.21. The van der Waals surface area contributed by atoms with Gasteiger partial charge in [-0.05, 0) is 53.7 Å². The maximum absolute atomic E-state index is 12.1. The molecule has 23 heavy (non-hydrogen) atoms. The Morgan fingerprint density at radius 1 is 0.913 bits per heavy atom. The molecule has 5 nitrogen and oxygen atoms in total. The summed E-state index contributed by atoms with van der Waals surface area (Å²) in [6.07, 6.45) is 0.476. The van der Waals surface area contributed by atoms with Gasteiger partial charge in [0.15, 0.2) is 6.29 Å². The Kier molecular flexibility index (Phi) is 5.59. The van der Waals surface area contributed by atoms with Crippen molar-refractivity contribution in [1.82, 2.24) is 0 Å². The minimum atomic E-state index is -0.715. The van der Waals surface area contributed by atoms with E-state index in [1.165, 1.54) is 12.1 Å². The van der Waals surface area contributed by atoms with Crippen molar-refractivity contribution in [3.8, 4) is 0 Å². The smallest absolute Gasteiger partial charge is 0.340 e. The van der Waals surface area contributed by atoms with Crippen molar-refractivity contribution in [2.75, 3.05) is 0 Å². The predicted octanol–water partition coefficient (Wildman–Crippen LogP) is 4.06. The molecule has 0 amide bonds. The van der Waals surface area contributed by atoms with Gasteiger partial charge in [0.05, 0.1) is 16.1 Å². The molecule has 1 aromatic carbocycles. The van der Waals surface area contributed by atoms with E-state index >= 15 is 0 Å². The van der Waals surface area contributed by atoms with E-state index in [1.807, 2.05) is 0 Å². The third kappa shape index (κ3) is 5.67. The van der Waals surface area contributed by atoms with Crippen LogP contribution in [0.4, 0.5) is 0 Å². The number of rotatable bonds is 3. The van der Waals surface area contributed by atoms with Gasteiger partial charge in [-0.2, -0.15) is 0 Å². The first-order valence-corrected chi connectivity index (χ1v) is 7.47. The second-order valence-corrected chi connectivity index (χ2v) is 7.45. The molecule has 0 saturated carbocycles. The predicted molar refractivity (Wildman–Crippen MR) is 87.2 cm³/mol. The topological polar surface area (TPSA) is 69.7 Å². The van der Waals surface area contributed by atoms with Crippen molar-refractivity contribution in [2.24, 2.45) is 0 Å². The summed E-state index contributed by atoms with van der Waals surface area (Å²) >= 11 is 6.07. The van der Waals surface area contributed by atoms with Gasteiger partial charge in [0, 0.05) is 5.56 Å². The van der Waals surface area contributed by atoms with Crippen molar-refractivity contribution >= 4 is 29.8 Å². The minimum absolute atomic E-state index is 0.00670. The summed E-state index contributed by atoms with van der Waals surface area (Å²) < 4.78 is 10.5. The first-order valence-electron chi connectivity index (χ1n) is 7.09. The van der Waals surface area contributed by atoms with Gasteiger partial charge < -0.3 is 9.47 Å². The molecule has 0 atom stereocenters. The lowest BCUT2D eigenvalue weighted by molar-refractivity contribution is 0.00513. The lowest BCUT2D eigenvalue weighted by Crippen LogP contribution is -2.26. The molecule has 0 saturated heterocycles. The van der Waals surface area contributed by atoms with E-state index in [-0.39, 0.29) is 21.7 Å². The van der Waals surface area contributed by atoms with Crippen molar-refractivity contribution < 1.29 is 23.9 Å². The monoisotopic (exact) mass is 340 g/mol. The molecule has 1 aromatic rings. The van der Waals surface area contributed by atoms with Crippen molar-refractivity contribution in [3.63, 3.8) is 0 Å². The van der Waals surface area contributed by atoms with Gasteiger partial charge in [-0.25, -0.2) is 9.59 Å². The molecule has 0 aliphatic carbocycles. The largest absolute Gasteiger partial charge is 0.456 e. The average Bonchev–Trinajstić information content (AvgIpc) is 2.34. The highest BCUT2D eigenvalue weighted by Gasteiger charge is 2.25. The standard InChI is InChI=1S/C17H21ClO5/c1-16(2,3)22-14(20)11-8-13(18)12(7-10(11)9-19)15(21)23-17(4,5)6/h7-9H,1-6H3. The summed E-state index contributed by atoms with van der Waals surface area (Å²) in [5, 5.41) is 0.0192. The van der Waals surface area contributed by atoms with Gasteiger partial charge in [0.1, 0.15) is 11.2 Å². The normalized spacial score (nSPS) is 11.8. The van der Waals surface area contributed by atoms with Crippen LogP contribution in [0.25, 0.3) is 0 Å². The van der Waals surface area contributed by atoms with Crippen LogP contribution in [-0.2, 0) is 9.47 Å². The Morgan fingerprint density at radius 3 is 1.74 bits per heavy atom. The number of hydrogen-bond acceptors (Lipinski definition) is 5. The molecule has 0 spiro atoms. The van der Waals surface area contributed by atoms with Crippen LogP contribution in [0.3, 0.4) is 0 Å². The Labute approximate surface area is 140 Å². The number of aldehydes is 1. The Morgan fingerprint density at radius 2 is 1.35 bits per heavy atom. The average molecular weight is 341 g/mol. The van der Waals surface area contributed by atoms with Gasteiger partial charge in [-0.15, -0.1) is 0 Å². The summed E-state index contributed by atoms with van der Waals surface area (Å²) in [6, 6.07) is 2.49. The molecule has 0 heterocycles. The quantitative estimate of drug-likeness (QED) is 0.613. The molecular weight excluding hydrogens is 320 g/mol. The maximum atomic E-state index is 12.1. The van der Waals surface area contributed by atoms with E-state index in [2.05, 4.69) is 0 Å². The fourth-order valence-electron chi connectivity index (χ4n) is 1.69. The number of halogens is 1. The van der Waals surface area contributed by atoms with Crippen LogP contribution in [0.5, 0.6) is 0 Å². The van der Waals surface area contributed by atoms with Crippen LogP contribution in [0, 0.1) is 0 Å². The Balaban J connectivity index is 3.25. The molecule has 6 heteroatoms. The van der Waals surface area contributed by atoms with E-state index in [4.69, 9.17) is 21.1 Å². The molecule has 0 bridgehead atoms. The molecule has 0 N–H and O–H groups in total. The van der Waals surface area contributed by atoms with E-state index < -0.39 is 23.1 Å². The van der Waals surface area contributed by atoms with Crippen molar-refractivity contribution in [1.29, 1.82) is 0 Å². The SMILES string of the molecule is CC(C)(C)OC(=O)c1cc(C=O)c(C(=O)OC(C)(C)C)cc1Cl. The minimum Gasteiger partial charge on any atom is -0.456 e. The summed E-state index contributed by atoms with van der Waals surface area (Å²) in [4.78, 5) is 35.5. The second-order valence-electron chi connectivity index (χ2n) is 7.04. The maximum Gasteiger partial charge on any atom is 0.340 e. The van der Waals surface area contributed by atoms with Crippen LogP contribution in [0.1, 0.15) is 72.6 Å². The summed E-state index contributed by atoms with van der Waals surface area (Å²) in [7, 11) is 0.